The van der Waals surface area contributed by atoms with Crippen LogP contribution in [0.4, 0.5) is 5.82 Å². The maximum atomic E-state index is 4.68. The second-order valence-corrected chi connectivity index (χ2v) is 5.31. The second-order valence-electron chi connectivity index (χ2n) is 5.31. The first-order valence-electron chi connectivity index (χ1n) is 6.96. The molecule has 0 unspecified atom stereocenters. The minimum atomic E-state index is 0.715. The minimum Gasteiger partial charge on any atom is -0.358 e. The molecular formula is C15H20N4. The highest BCUT2D eigenvalue weighted by molar-refractivity contribution is 5.75. The summed E-state index contributed by atoms with van der Waals surface area (Å²) in [5, 5.41) is 3.46. The Hall–Kier alpha value is -1.68. The first-order chi connectivity index (χ1) is 9.33. The van der Waals surface area contributed by atoms with Crippen LogP contribution >= 0.6 is 0 Å². The summed E-state index contributed by atoms with van der Waals surface area (Å²) < 4.78 is 0. The number of nitrogens with zero attached hydrogens (tertiary/aromatic N) is 3. The van der Waals surface area contributed by atoms with Gasteiger partial charge >= 0.3 is 0 Å². The van der Waals surface area contributed by atoms with E-state index < -0.39 is 0 Å². The predicted octanol–water partition coefficient (Wildman–Crippen LogP) is 2.07. The number of rotatable bonds is 3. The predicted molar refractivity (Wildman–Crippen MR) is 78.4 cm³/mol. The van der Waals surface area contributed by atoms with Crippen molar-refractivity contribution in [3.8, 4) is 0 Å². The van der Waals surface area contributed by atoms with Crippen LogP contribution in [0.1, 0.15) is 12.8 Å². The van der Waals surface area contributed by atoms with E-state index in [0.717, 1.165) is 36.5 Å². The van der Waals surface area contributed by atoms with Crippen molar-refractivity contribution in [3.63, 3.8) is 0 Å². The lowest BCUT2D eigenvalue weighted by atomic mass is 9.99. The summed E-state index contributed by atoms with van der Waals surface area (Å²) in [6.45, 7) is 3.32. The van der Waals surface area contributed by atoms with Crippen LogP contribution in [0.25, 0.3) is 11.0 Å². The van der Waals surface area contributed by atoms with Gasteiger partial charge in [0.2, 0.25) is 0 Å². The molecule has 1 atom stereocenters. The maximum Gasteiger partial charge on any atom is 0.147 e. The van der Waals surface area contributed by atoms with Crippen LogP contribution in [-0.4, -0.2) is 36.6 Å². The van der Waals surface area contributed by atoms with Crippen LogP contribution in [0.2, 0.25) is 0 Å². The topological polar surface area (TPSA) is 41.0 Å². The maximum absolute atomic E-state index is 4.68. The Bertz CT molecular complexity index is 549. The van der Waals surface area contributed by atoms with E-state index in [2.05, 4.69) is 27.2 Å². The van der Waals surface area contributed by atoms with Crippen molar-refractivity contribution < 1.29 is 0 Å². The van der Waals surface area contributed by atoms with E-state index in [1.54, 1.807) is 0 Å². The average molecular weight is 256 g/mol. The first kappa shape index (κ1) is 12.4. The van der Waals surface area contributed by atoms with Crippen molar-refractivity contribution in [2.75, 3.05) is 31.6 Å². The number of hydrogen-bond donors (Lipinski definition) is 1. The molecule has 0 saturated carbocycles. The highest BCUT2D eigenvalue weighted by Gasteiger charge is 2.16. The van der Waals surface area contributed by atoms with Gasteiger partial charge in [0, 0.05) is 13.6 Å². The van der Waals surface area contributed by atoms with Crippen LogP contribution < -0.4 is 10.2 Å². The lowest BCUT2D eigenvalue weighted by Crippen LogP contribution is -2.37. The van der Waals surface area contributed by atoms with Crippen LogP contribution in [0.5, 0.6) is 0 Å². The Labute approximate surface area is 113 Å². The Morgan fingerprint density at radius 1 is 1.32 bits per heavy atom. The zero-order chi connectivity index (χ0) is 13.1. The second kappa shape index (κ2) is 5.53. The molecule has 1 aliphatic heterocycles. The molecule has 3 rings (SSSR count). The molecule has 0 bridgehead atoms. The fraction of sp³-hybridized carbons (Fsp3) is 0.467. The van der Waals surface area contributed by atoms with Crippen LogP contribution in [0.3, 0.4) is 0 Å². The Morgan fingerprint density at radius 3 is 2.95 bits per heavy atom. The van der Waals surface area contributed by atoms with Crippen molar-refractivity contribution in [1.82, 2.24) is 15.3 Å². The molecule has 100 valence electrons. The molecule has 4 nitrogen and oxygen atoms in total. The van der Waals surface area contributed by atoms with Crippen molar-refractivity contribution >= 4 is 16.9 Å². The van der Waals surface area contributed by atoms with Crippen LogP contribution in [0, 0.1) is 5.92 Å². The summed E-state index contributed by atoms with van der Waals surface area (Å²) in [4.78, 5) is 11.4. The number of para-hydroxylation sites is 2. The number of hydrogen-bond acceptors (Lipinski definition) is 4. The average Bonchev–Trinajstić information content (AvgIpc) is 2.48. The number of aromatic nitrogens is 2. The van der Waals surface area contributed by atoms with Gasteiger partial charge in [-0.15, -0.1) is 0 Å². The third-order valence-electron chi connectivity index (χ3n) is 3.76. The number of benzene rings is 1. The molecule has 4 heteroatoms. The van der Waals surface area contributed by atoms with E-state index in [9.17, 15) is 0 Å². The van der Waals surface area contributed by atoms with Gasteiger partial charge in [0.1, 0.15) is 5.82 Å². The van der Waals surface area contributed by atoms with Crippen molar-refractivity contribution in [2.24, 2.45) is 5.92 Å². The Balaban J connectivity index is 1.75. The van der Waals surface area contributed by atoms with E-state index in [4.69, 9.17) is 0 Å². The van der Waals surface area contributed by atoms with E-state index in [1.165, 1.54) is 12.8 Å². The molecule has 1 fully saturated rings. The smallest absolute Gasteiger partial charge is 0.147 e. The molecule has 1 aromatic carbocycles. The van der Waals surface area contributed by atoms with E-state index in [1.807, 2.05) is 30.5 Å². The van der Waals surface area contributed by atoms with E-state index in [0.29, 0.717) is 5.92 Å². The molecule has 0 aliphatic carbocycles. The Morgan fingerprint density at radius 2 is 2.16 bits per heavy atom. The highest BCUT2D eigenvalue weighted by Crippen LogP contribution is 2.17. The minimum absolute atomic E-state index is 0.715. The van der Waals surface area contributed by atoms with Gasteiger partial charge in [-0.3, -0.25) is 4.98 Å². The van der Waals surface area contributed by atoms with Crippen molar-refractivity contribution in [1.29, 1.82) is 0 Å². The first-order valence-corrected chi connectivity index (χ1v) is 6.96. The lowest BCUT2D eigenvalue weighted by Gasteiger charge is -2.28. The normalized spacial score (nSPS) is 19.5. The van der Waals surface area contributed by atoms with E-state index in [-0.39, 0.29) is 0 Å². The summed E-state index contributed by atoms with van der Waals surface area (Å²) in [6, 6.07) is 8.01. The van der Waals surface area contributed by atoms with E-state index >= 15 is 0 Å². The van der Waals surface area contributed by atoms with Gasteiger partial charge in [0.15, 0.2) is 0 Å². The zero-order valence-corrected chi connectivity index (χ0v) is 11.3. The van der Waals surface area contributed by atoms with Crippen LogP contribution in [-0.2, 0) is 0 Å². The summed E-state index contributed by atoms with van der Waals surface area (Å²) >= 11 is 0. The highest BCUT2D eigenvalue weighted by atomic mass is 15.2. The number of fused-ring (bicyclic) bond motifs is 1. The third kappa shape index (κ3) is 2.84. The molecule has 1 N–H and O–H groups in total. The number of nitrogens with one attached hydrogen (secondary N) is 1. The molecule has 19 heavy (non-hydrogen) atoms. The molecule has 2 aromatic rings. The van der Waals surface area contributed by atoms with Gasteiger partial charge in [-0.05, 0) is 44.0 Å². The zero-order valence-electron chi connectivity index (χ0n) is 11.3. The summed E-state index contributed by atoms with van der Waals surface area (Å²) in [6.07, 6.45) is 4.46. The quantitative estimate of drug-likeness (QED) is 0.912. The number of anilines is 1. The monoisotopic (exact) mass is 256 g/mol. The van der Waals surface area contributed by atoms with Crippen molar-refractivity contribution in [2.45, 2.75) is 12.8 Å². The summed E-state index contributed by atoms with van der Waals surface area (Å²) in [7, 11) is 2.10. The molecule has 2 heterocycles. The molecule has 1 saturated heterocycles. The fourth-order valence-electron chi connectivity index (χ4n) is 2.69. The summed E-state index contributed by atoms with van der Waals surface area (Å²) in [5.41, 5.74) is 1.92. The molecule has 1 aliphatic rings. The fourth-order valence-corrected chi connectivity index (χ4v) is 2.69. The summed E-state index contributed by atoms with van der Waals surface area (Å²) in [5.74, 6) is 1.68. The SMILES string of the molecule is CN(C[C@@H]1CCCNC1)c1cnc2ccccc2n1. The van der Waals surface area contributed by atoms with Gasteiger partial charge in [-0.1, -0.05) is 12.1 Å². The largest absolute Gasteiger partial charge is 0.358 e. The Kier molecular flexibility index (Phi) is 3.60. The van der Waals surface area contributed by atoms with Crippen molar-refractivity contribution in [3.05, 3.63) is 30.5 Å². The van der Waals surface area contributed by atoms with Gasteiger partial charge in [-0.25, -0.2) is 4.98 Å². The van der Waals surface area contributed by atoms with Gasteiger partial charge in [0.25, 0.3) is 0 Å². The third-order valence-corrected chi connectivity index (χ3v) is 3.76. The molecule has 0 radical (unpaired) electrons. The molecule has 0 spiro atoms. The number of piperidine rings is 1. The molecule has 0 amide bonds. The molecule has 1 aromatic heterocycles. The van der Waals surface area contributed by atoms with Crippen LogP contribution in [0.15, 0.2) is 30.5 Å². The standard InChI is InChI=1S/C15H20N4/c1-19(11-12-5-4-8-16-9-12)15-10-17-13-6-2-3-7-14(13)18-15/h2-3,6-7,10,12,16H,4-5,8-9,11H2,1H3/t12-/m1/s1. The molecular weight excluding hydrogens is 236 g/mol. The lowest BCUT2D eigenvalue weighted by molar-refractivity contribution is 0.380. The van der Waals surface area contributed by atoms with Gasteiger partial charge in [0.05, 0.1) is 17.2 Å². The van der Waals surface area contributed by atoms with Gasteiger partial charge < -0.3 is 10.2 Å². The van der Waals surface area contributed by atoms with Gasteiger partial charge in [-0.2, -0.15) is 0 Å².